The summed E-state index contributed by atoms with van der Waals surface area (Å²) in [5, 5.41) is 7.92. The lowest BCUT2D eigenvalue weighted by atomic mass is 10.1. The van der Waals surface area contributed by atoms with Crippen molar-refractivity contribution >= 4 is 16.8 Å². The fourth-order valence-corrected chi connectivity index (χ4v) is 3.21. The minimum absolute atomic E-state index is 0.0843. The number of aromatic nitrogens is 4. The Hall–Kier alpha value is -3.00. The molecule has 1 aliphatic rings. The maximum atomic E-state index is 12.9. The lowest BCUT2D eigenvalue weighted by Gasteiger charge is -2.32. The van der Waals surface area contributed by atoms with Gasteiger partial charge in [0.15, 0.2) is 5.69 Å². The van der Waals surface area contributed by atoms with Gasteiger partial charge in [-0.25, -0.2) is 4.98 Å². The largest absolute Gasteiger partial charge is 0.375 e. The minimum atomic E-state index is -0.165. The number of fused-ring (bicyclic) bond motifs is 1. The highest BCUT2D eigenvalue weighted by atomic mass is 16.5. The second kappa shape index (κ2) is 7.09. The van der Waals surface area contributed by atoms with Crippen LogP contribution in [0.3, 0.4) is 0 Å². The number of rotatable bonds is 4. The molecule has 26 heavy (non-hydrogen) atoms. The number of hydrogen-bond acceptors (Lipinski definition) is 5. The molecule has 1 saturated heterocycles. The molecule has 1 atom stereocenters. The lowest BCUT2D eigenvalue weighted by Crippen LogP contribution is -2.46. The summed E-state index contributed by atoms with van der Waals surface area (Å²) in [6.07, 6.45) is 2.64. The summed E-state index contributed by atoms with van der Waals surface area (Å²) < 4.78 is 5.78. The quantitative estimate of drug-likeness (QED) is 0.731. The van der Waals surface area contributed by atoms with Crippen LogP contribution in [0.15, 0.2) is 41.5 Å². The average Bonchev–Trinajstić information content (AvgIpc) is 3.10. The Balaban J connectivity index is 1.43. The zero-order valence-electron chi connectivity index (χ0n) is 14.1. The Morgan fingerprint density at radius 3 is 3.12 bits per heavy atom. The monoisotopic (exact) mass is 353 g/mol. The van der Waals surface area contributed by atoms with Crippen molar-refractivity contribution in [2.45, 2.75) is 18.9 Å². The molecule has 0 unspecified atom stereocenters. The predicted octanol–water partition coefficient (Wildman–Crippen LogP) is 1.12. The van der Waals surface area contributed by atoms with E-state index in [-0.39, 0.29) is 17.6 Å². The van der Waals surface area contributed by atoms with Crippen LogP contribution >= 0.6 is 0 Å². The molecule has 8 heteroatoms. The molecule has 0 spiro atoms. The third-order valence-electron chi connectivity index (χ3n) is 4.56. The summed E-state index contributed by atoms with van der Waals surface area (Å²) in [5.41, 5.74) is 1.85. The van der Waals surface area contributed by atoms with Crippen LogP contribution < -0.4 is 5.56 Å². The topological polar surface area (TPSA) is 104 Å². The lowest BCUT2D eigenvalue weighted by molar-refractivity contribution is -0.0248. The number of benzene rings is 1. The number of nitrogens with zero attached hydrogens (tertiary/aromatic N) is 3. The van der Waals surface area contributed by atoms with Gasteiger partial charge in [0.1, 0.15) is 0 Å². The van der Waals surface area contributed by atoms with E-state index in [4.69, 9.17) is 4.74 Å². The number of aromatic amines is 2. The fraction of sp³-hybridized carbons (Fsp3) is 0.333. The van der Waals surface area contributed by atoms with Crippen LogP contribution in [0.25, 0.3) is 10.9 Å². The van der Waals surface area contributed by atoms with E-state index in [2.05, 4.69) is 20.2 Å². The summed E-state index contributed by atoms with van der Waals surface area (Å²) in [6.45, 7) is 1.53. The van der Waals surface area contributed by atoms with Gasteiger partial charge in [-0.1, -0.05) is 18.2 Å². The minimum Gasteiger partial charge on any atom is -0.375 e. The molecule has 1 amide bonds. The van der Waals surface area contributed by atoms with Gasteiger partial charge in [0.2, 0.25) is 0 Å². The summed E-state index contributed by atoms with van der Waals surface area (Å²) in [6, 6.07) is 9.08. The zero-order valence-corrected chi connectivity index (χ0v) is 14.1. The fourth-order valence-electron chi connectivity index (χ4n) is 3.21. The van der Waals surface area contributed by atoms with Gasteiger partial charge in [-0.15, -0.1) is 0 Å². The van der Waals surface area contributed by atoms with Gasteiger partial charge in [-0.05, 0) is 18.9 Å². The summed E-state index contributed by atoms with van der Waals surface area (Å²) in [7, 11) is 0. The average molecular weight is 353 g/mol. The molecule has 4 rings (SSSR count). The highest BCUT2D eigenvalue weighted by Crippen LogP contribution is 2.19. The Labute approximate surface area is 149 Å². The van der Waals surface area contributed by atoms with E-state index >= 15 is 0 Å². The molecule has 1 aromatic carbocycles. The van der Waals surface area contributed by atoms with E-state index in [1.807, 2.05) is 24.3 Å². The molecule has 3 aromatic rings. The molecule has 134 valence electrons. The third kappa shape index (κ3) is 3.36. The van der Waals surface area contributed by atoms with Crippen molar-refractivity contribution in [2.24, 2.45) is 0 Å². The van der Waals surface area contributed by atoms with Crippen molar-refractivity contribution < 1.29 is 9.53 Å². The molecule has 2 N–H and O–H groups in total. The van der Waals surface area contributed by atoms with E-state index in [1.54, 1.807) is 4.90 Å². The number of morpholine rings is 1. The van der Waals surface area contributed by atoms with Gasteiger partial charge < -0.3 is 14.6 Å². The molecule has 0 bridgehead atoms. The van der Waals surface area contributed by atoms with Crippen LogP contribution in [0.2, 0.25) is 0 Å². The first-order chi connectivity index (χ1) is 12.7. The molecule has 8 nitrogen and oxygen atoms in total. The Bertz CT molecular complexity index is 980. The zero-order chi connectivity index (χ0) is 17.9. The second-order valence-corrected chi connectivity index (χ2v) is 6.30. The summed E-state index contributed by atoms with van der Waals surface area (Å²) >= 11 is 0. The summed E-state index contributed by atoms with van der Waals surface area (Å²) in [4.78, 5) is 32.6. The second-order valence-electron chi connectivity index (χ2n) is 6.30. The van der Waals surface area contributed by atoms with E-state index in [0.29, 0.717) is 38.2 Å². The number of carbonyl (C=O) groups excluding carboxylic acids is 1. The van der Waals surface area contributed by atoms with Crippen molar-refractivity contribution in [2.75, 3.05) is 19.7 Å². The van der Waals surface area contributed by atoms with Crippen molar-refractivity contribution in [1.82, 2.24) is 25.1 Å². The van der Waals surface area contributed by atoms with Gasteiger partial charge in [-0.3, -0.25) is 14.7 Å². The number of carbonyl (C=O) groups is 1. The first-order valence-corrected chi connectivity index (χ1v) is 8.58. The highest BCUT2D eigenvalue weighted by molar-refractivity contribution is 6.04. The van der Waals surface area contributed by atoms with Crippen molar-refractivity contribution in [1.29, 1.82) is 0 Å². The smallest absolute Gasteiger partial charge is 0.275 e. The molecule has 3 heterocycles. The van der Waals surface area contributed by atoms with Gasteiger partial charge in [0, 0.05) is 30.2 Å². The molecule has 1 aliphatic heterocycles. The molecule has 1 fully saturated rings. The molecular formula is C18H19N5O3. The van der Waals surface area contributed by atoms with Gasteiger partial charge in [0.05, 0.1) is 24.6 Å². The Kier molecular flexibility index (Phi) is 4.49. The van der Waals surface area contributed by atoms with E-state index in [9.17, 15) is 9.59 Å². The molecular weight excluding hydrogens is 334 g/mol. The highest BCUT2D eigenvalue weighted by Gasteiger charge is 2.27. The summed E-state index contributed by atoms with van der Waals surface area (Å²) in [5.74, 6) is -0.0926. The normalized spacial score (nSPS) is 17.5. The first kappa shape index (κ1) is 16.5. The standard InChI is InChI=1S/C18H19N5O3/c24-16-9-12(19-11-20-16)5-6-13-10-23(7-8-26-13)18(25)17-14-3-1-2-4-15(14)21-22-17/h1-4,9,11,13H,5-8,10H2,(H,21,22)(H,19,20,24)/t13-/m1/s1. The first-order valence-electron chi connectivity index (χ1n) is 8.58. The SMILES string of the molecule is O=C(c1n[nH]c2ccccc12)N1CCO[C@H](CCc2cc(=O)[nH]cn2)C1. The van der Waals surface area contributed by atoms with E-state index in [0.717, 1.165) is 16.6 Å². The number of ether oxygens (including phenoxy) is 1. The molecule has 0 aliphatic carbocycles. The van der Waals surface area contributed by atoms with Gasteiger partial charge in [0.25, 0.3) is 11.5 Å². The Morgan fingerprint density at radius 2 is 2.23 bits per heavy atom. The maximum absolute atomic E-state index is 12.9. The number of aryl methyl sites for hydroxylation is 1. The number of para-hydroxylation sites is 1. The van der Waals surface area contributed by atoms with Crippen molar-refractivity contribution in [3.63, 3.8) is 0 Å². The van der Waals surface area contributed by atoms with E-state index < -0.39 is 0 Å². The number of nitrogens with one attached hydrogen (secondary N) is 2. The van der Waals surface area contributed by atoms with Crippen LogP contribution in [0, 0.1) is 0 Å². The Morgan fingerprint density at radius 1 is 1.35 bits per heavy atom. The number of H-pyrrole nitrogens is 2. The number of hydrogen-bond donors (Lipinski definition) is 2. The third-order valence-corrected chi connectivity index (χ3v) is 4.56. The van der Waals surface area contributed by atoms with Crippen molar-refractivity contribution in [3.05, 3.63) is 58.4 Å². The van der Waals surface area contributed by atoms with E-state index in [1.165, 1.54) is 12.4 Å². The van der Waals surface area contributed by atoms with Gasteiger partial charge in [-0.2, -0.15) is 5.10 Å². The van der Waals surface area contributed by atoms with Crippen LogP contribution in [0.1, 0.15) is 22.6 Å². The van der Waals surface area contributed by atoms with Crippen molar-refractivity contribution in [3.8, 4) is 0 Å². The molecule has 2 aromatic heterocycles. The van der Waals surface area contributed by atoms with Crippen LogP contribution in [-0.2, 0) is 11.2 Å². The van der Waals surface area contributed by atoms with Gasteiger partial charge >= 0.3 is 0 Å². The molecule has 0 radical (unpaired) electrons. The molecule has 0 saturated carbocycles. The predicted molar refractivity (Wildman–Crippen MR) is 94.9 cm³/mol. The van der Waals surface area contributed by atoms with Crippen LogP contribution in [0.5, 0.6) is 0 Å². The van der Waals surface area contributed by atoms with Crippen LogP contribution in [-0.4, -0.2) is 56.8 Å². The van der Waals surface area contributed by atoms with Crippen LogP contribution in [0.4, 0.5) is 0 Å². The maximum Gasteiger partial charge on any atom is 0.275 e. The number of amides is 1.